The summed E-state index contributed by atoms with van der Waals surface area (Å²) >= 11 is 0. The zero-order chi connectivity index (χ0) is 25.2. The van der Waals surface area contributed by atoms with Crippen LogP contribution in [0, 0.1) is 0 Å². The van der Waals surface area contributed by atoms with E-state index in [1.807, 2.05) is 5.43 Å². The van der Waals surface area contributed by atoms with Crippen LogP contribution in [0.2, 0.25) is 0 Å². The summed E-state index contributed by atoms with van der Waals surface area (Å²) in [6.45, 7) is -2.78. The fraction of sp³-hybridized carbons (Fsp3) is 0.444. The summed E-state index contributed by atoms with van der Waals surface area (Å²) in [4.78, 5) is 15.2. The minimum atomic E-state index is -5.06. The van der Waals surface area contributed by atoms with Gasteiger partial charge in [0.05, 0.1) is 23.6 Å². The second-order valence-corrected chi connectivity index (χ2v) is 7.07. The second-order valence-electron chi connectivity index (χ2n) is 7.07. The third-order valence-electron chi connectivity index (χ3n) is 4.01. The maximum absolute atomic E-state index is 13.6. The van der Waals surface area contributed by atoms with E-state index >= 15 is 0 Å². The highest BCUT2D eigenvalue weighted by molar-refractivity contribution is 5.88. The summed E-state index contributed by atoms with van der Waals surface area (Å²) < 4.78 is 117. The fourth-order valence-corrected chi connectivity index (χ4v) is 2.83. The average molecular weight is 492 g/mol. The summed E-state index contributed by atoms with van der Waals surface area (Å²) in [5.74, 6) is -1.27. The molecule has 1 unspecified atom stereocenters. The Kier molecular flexibility index (Phi) is 7.56. The number of halogens is 9. The minimum Gasteiger partial charge on any atom is -0.393 e. The van der Waals surface area contributed by atoms with E-state index < -0.39 is 71.6 Å². The molecular formula is C18H17F9N4O2. The van der Waals surface area contributed by atoms with Gasteiger partial charge in [0.25, 0.3) is 0 Å². The van der Waals surface area contributed by atoms with Crippen molar-refractivity contribution in [3.63, 3.8) is 0 Å². The molecule has 184 valence electrons. The van der Waals surface area contributed by atoms with Gasteiger partial charge in [0.1, 0.15) is 18.9 Å². The topological polar surface area (TPSA) is 77.5 Å². The quantitative estimate of drug-likeness (QED) is 0.395. The number of aliphatic hydroxyl groups excluding tert-OH is 1. The smallest absolute Gasteiger partial charge is 0.393 e. The number of amides is 1. The van der Waals surface area contributed by atoms with Crippen LogP contribution in [0.5, 0.6) is 0 Å². The fourth-order valence-electron chi connectivity index (χ4n) is 2.83. The number of hydrogen-bond donors (Lipinski definition) is 3. The van der Waals surface area contributed by atoms with Crippen molar-refractivity contribution in [2.75, 3.05) is 23.4 Å². The van der Waals surface area contributed by atoms with Crippen LogP contribution in [-0.2, 0) is 11.0 Å². The summed E-state index contributed by atoms with van der Waals surface area (Å²) in [7, 11) is 0. The van der Waals surface area contributed by atoms with Gasteiger partial charge in [-0.15, -0.1) is 0 Å². The molecule has 0 saturated heterocycles. The maximum atomic E-state index is 13.6. The van der Waals surface area contributed by atoms with Crippen molar-refractivity contribution in [2.24, 2.45) is 0 Å². The molecule has 1 atom stereocenters. The highest BCUT2D eigenvalue weighted by atomic mass is 19.4. The standard InChI is InChI=1S/C18H17F9N4O2/c1-9(32)4-15(33)30-29-14-6-12(18(25,26)27)11-5-10(2-3-13(11)28-14)31(7-16(19,20)21)8-17(22,23)24/h2-3,5-6,9,32H,4,7-8H2,1H3,(H,28,29)(H,30,33). The van der Waals surface area contributed by atoms with E-state index in [4.69, 9.17) is 5.11 Å². The summed E-state index contributed by atoms with van der Waals surface area (Å²) in [6, 6.07) is 2.59. The predicted molar refractivity (Wildman–Crippen MR) is 99.1 cm³/mol. The number of nitrogens with one attached hydrogen (secondary N) is 2. The molecule has 2 rings (SSSR count). The molecule has 0 spiro atoms. The third kappa shape index (κ3) is 8.14. The lowest BCUT2D eigenvalue weighted by Gasteiger charge is -2.27. The molecule has 0 aliphatic carbocycles. The first-order valence-electron chi connectivity index (χ1n) is 9.08. The Morgan fingerprint density at radius 1 is 1.03 bits per heavy atom. The first kappa shape index (κ1) is 26.3. The Bertz CT molecular complexity index is 972. The number of alkyl halides is 9. The van der Waals surface area contributed by atoms with E-state index in [2.05, 4.69) is 10.4 Å². The summed E-state index contributed by atoms with van der Waals surface area (Å²) in [6.07, 6.45) is -16.6. The Morgan fingerprint density at radius 3 is 2.09 bits per heavy atom. The van der Waals surface area contributed by atoms with Gasteiger partial charge in [-0.25, -0.2) is 4.98 Å². The molecule has 6 nitrogen and oxygen atoms in total. The molecule has 0 saturated carbocycles. The Labute approximate surface area is 180 Å². The Hall–Kier alpha value is -2.97. The lowest BCUT2D eigenvalue weighted by molar-refractivity contribution is -0.138. The van der Waals surface area contributed by atoms with Crippen molar-refractivity contribution in [2.45, 2.75) is 38.0 Å². The van der Waals surface area contributed by atoms with Gasteiger partial charge in [0.15, 0.2) is 0 Å². The van der Waals surface area contributed by atoms with Crippen molar-refractivity contribution < 1.29 is 49.4 Å². The van der Waals surface area contributed by atoms with Crippen molar-refractivity contribution in [1.29, 1.82) is 0 Å². The number of fused-ring (bicyclic) bond motifs is 1. The number of aromatic nitrogens is 1. The number of hydrogen-bond acceptors (Lipinski definition) is 5. The lowest BCUT2D eigenvalue weighted by Crippen LogP contribution is -2.40. The molecule has 15 heteroatoms. The van der Waals surface area contributed by atoms with Crippen molar-refractivity contribution in [3.05, 3.63) is 29.8 Å². The Balaban J connectivity index is 2.50. The number of anilines is 2. The van der Waals surface area contributed by atoms with E-state index in [-0.39, 0.29) is 11.3 Å². The third-order valence-corrected chi connectivity index (χ3v) is 4.01. The molecule has 1 amide bonds. The molecule has 0 radical (unpaired) electrons. The average Bonchev–Trinajstić information content (AvgIpc) is 2.61. The van der Waals surface area contributed by atoms with Crippen LogP contribution in [-0.4, -0.2) is 47.5 Å². The normalized spacial score (nSPS) is 13.7. The minimum absolute atomic E-state index is 0.137. The number of aliphatic hydroxyl groups is 1. The Morgan fingerprint density at radius 2 is 1.61 bits per heavy atom. The van der Waals surface area contributed by atoms with E-state index in [0.29, 0.717) is 12.1 Å². The van der Waals surface area contributed by atoms with Crippen LogP contribution < -0.4 is 15.8 Å². The number of rotatable bonds is 7. The molecule has 1 aromatic carbocycles. The largest absolute Gasteiger partial charge is 0.417 e. The number of hydrazine groups is 1. The van der Waals surface area contributed by atoms with Crippen LogP contribution in [0.15, 0.2) is 24.3 Å². The number of carbonyl (C=O) groups excluding carboxylic acids is 1. The van der Waals surface area contributed by atoms with Gasteiger partial charge in [0.2, 0.25) is 5.91 Å². The number of benzene rings is 1. The van der Waals surface area contributed by atoms with Crippen LogP contribution in [0.4, 0.5) is 51.0 Å². The van der Waals surface area contributed by atoms with E-state index in [9.17, 15) is 44.3 Å². The second kappa shape index (κ2) is 9.49. The SMILES string of the molecule is CC(O)CC(=O)NNc1cc(C(F)(F)F)c2cc(N(CC(F)(F)F)CC(F)(F)F)ccc2n1. The molecule has 1 aromatic heterocycles. The molecule has 0 aliphatic rings. The zero-order valence-electron chi connectivity index (χ0n) is 16.7. The molecule has 0 fully saturated rings. The highest BCUT2D eigenvalue weighted by Crippen LogP contribution is 2.38. The number of nitrogens with zero attached hydrogens (tertiary/aromatic N) is 2. The maximum Gasteiger partial charge on any atom is 0.417 e. The first-order chi connectivity index (χ1) is 14.9. The first-order valence-corrected chi connectivity index (χ1v) is 9.08. The lowest BCUT2D eigenvalue weighted by atomic mass is 10.1. The highest BCUT2D eigenvalue weighted by Gasteiger charge is 2.38. The van der Waals surface area contributed by atoms with Crippen molar-refractivity contribution in [1.82, 2.24) is 10.4 Å². The van der Waals surface area contributed by atoms with E-state index in [1.165, 1.54) is 6.92 Å². The van der Waals surface area contributed by atoms with Gasteiger partial charge in [-0.3, -0.25) is 15.6 Å². The van der Waals surface area contributed by atoms with Crippen LogP contribution in [0.3, 0.4) is 0 Å². The van der Waals surface area contributed by atoms with Crippen LogP contribution in [0.1, 0.15) is 18.9 Å². The van der Waals surface area contributed by atoms with Gasteiger partial charge >= 0.3 is 18.5 Å². The van der Waals surface area contributed by atoms with Crippen molar-refractivity contribution >= 4 is 28.3 Å². The predicted octanol–water partition coefficient (Wildman–Crippen LogP) is 4.40. The summed E-state index contributed by atoms with van der Waals surface area (Å²) in [5, 5.41) is 8.39. The van der Waals surface area contributed by atoms with Crippen LogP contribution >= 0.6 is 0 Å². The van der Waals surface area contributed by atoms with Gasteiger partial charge in [-0.2, -0.15) is 39.5 Å². The van der Waals surface area contributed by atoms with Crippen LogP contribution in [0.25, 0.3) is 10.9 Å². The number of carbonyl (C=O) groups is 1. The number of pyridine rings is 1. The molecule has 33 heavy (non-hydrogen) atoms. The molecule has 3 N–H and O–H groups in total. The monoisotopic (exact) mass is 492 g/mol. The summed E-state index contributed by atoms with van der Waals surface area (Å²) in [5.41, 5.74) is 1.60. The van der Waals surface area contributed by atoms with Gasteiger partial charge in [0, 0.05) is 11.1 Å². The van der Waals surface area contributed by atoms with E-state index in [0.717, 1.165) is 12.1 Å². The molecule has 0 bridgehead atoms. The van der Waals surface area contributed by atoms with E-state index in [1.54, 1.807) is 0 Å². The zero-order valence-corrected chi connectivity index (χ0v) is 16.7. The molecule has 1 heterocycles. The molecule has 0 aliphatic heterocycles. The van der Waals surface area contributed by atoms with Gasteiger partial charge in [-0.05, 0) is 31.2 Å². The van der Waals surface area contributed by atoms with Gasteiger partial charge < -0.3 is 10.0 Å². The van der Waals surface area contributed by atoms with Crippen molar-refractivity contribution in [3.8, 4) is 0 Å². The molecular weight excluding hydrogens is 475 g/mol. The van der Waals surface area contributed by atoms with Gasteiger partial charge in [-0.1, -0.05) is 0 Å². The molecule has 2 aromatic rings.